The fraction of sp³-hybridized carbons (Fsp3) is 0.833. The van der Waals surface area contributed by atoms with Gasteiger partial charge in [-0.15, -0.1) is 0 Å². The van der Waals surface area contributed by atoms with E-state index < -0.39 is 0 Å². The Morgan fingerprint density at radius 2 is 1.92 bits per heavy atom. The molecule has 0 bridgehead atoms. The van der Waals surface area contributed by atoms with Gasteiger partial charge in [0, 0.05) is 0 Å². The quantitative estimate of drug-likeness (QED) is 0.382. The van der Waals surface area contributed by atoms with Gasteiger partial charge in [-0.3, -0.25) is 4.39 Å². The summed E-state index contributed by atoms with van der Waals surface area (Å²) < 4.78 is 11.7. The summed E-state index contributed by atoms with van der Waals surface area (Å²) in [6.07, 6.45) is 10.2. The number of halogens is 1. The summed E-state index contributed by atoms with van der Waals surface area (Å²) >= 11 is 0. The molecule has 13 heavy (non-hydrogen) atoms. The van der Waals surface area contributed by atoms with Crippen molar-refractivity contribution in [3.63, 3.8) is 0 Å². The lowest BCUT2D eigenvalue weighted by molar-refractivity contribution is 0.463. The molecule has 0 amide bonds. The van der Waals surface area contributed by atoms with Crippen LogP contribution in [0.2, 0.25) is 0 Å². The zero-order chi connectivity index (χ0) is 9.94. The first-order chi connectivity index (χ1) is 6.31. The summed E-state index contributed by atoms with van der Waals surface area (Å²) in [6.45, 7) is 4.24. The third-order valence-corrected chi connectivity index (χ3v) is 2.26. The van der Waals surface area contributed by atoms with Gasteiger partial charge in [-0.2, -0.15) is 0 Å². The summed E-state index contributed by atoms with van der Waals surface area (Å²) in [7, 11) is 0. The molecule has 0 atom stereocenters. The molecular weight excluding hydrogens is 163 g/mol. The van der Waals surface area contributed by atoms with E-state index in [1.165, 1.54) is 31.3 Å². The molecule has 1 heteroatoms. The second kappa shape index (κ2) is 9.76. The lowest BCUT2D eigenvalue weighted by atomic mass is 10.1. The Labute approximate surface area is 82.2 Å². The van der Waals surface area contributed by atoms with Crippen molar-refractivity contribution in [1.82, 2.24) is 0 Å². The van der Waals surface area contributed by atoms with Crippen LogP contribution in [0.5, 0.6) is 0 Å². The Kier molecular flexibility index (Phi) is 9.51. The molecule has 0 aromatic heterocycles. The largest absolute Gasteiger partial charge is 0.251 e. The van der Waals surface area contributed by atoms with Gasteiger partial charge in [-0.1, -0.05) is 31.4 Å². The topological polar surface area (TPSA) is 0 Å². The highest BCUT2D eigenvalue weighted by Crippen LogP contribution is 2.10. The van der Waals surface area contributed by atoms with Crippen molar-refractivity contribution < 1.29 is 4.39 Å². The molecule has 0 aromatic rings. The van der Waals surface area contributed by atoms with Crippen molar-refractivity contribution in [1.29, 1.82) is 0 Å². The number of alkyl halides is 1. The fourth-order valence-corrected chi connectivity index (χ4v) is 1.34. The van der Waals surface area contributed by atoms with E-state index in [1.807, 2.05) is 0 Å². The van der Waals surface area contributed by atoms with Gasteiger partial charge in [0.15, 0.2) is 0 Å². The Hall–Kier alpha value is -0.330. The van der Waals surface area contributed by atoms with Gasteiger partial charge >= 0.3 is 0 Å². The molecule has 0 heterocycles. The minimum absolute atomic E-state index is 0.164. The van der Waals surface area contributed by atoms with Gasteiger partial charge in [-0.25, -0.2) is 0 Å². The summed E-state index contributed by atoms with van der Waals surface area (Å²) in [5, 5.41) is 0. The Bertz CT molecular complexity index is 127. The zero-order valence-electron chi connectivity index (χ0n) is 9.11. The third-order valence-electron chi connectivity index (χ3n) is 2.26. The SMILES string of the molecule is CCCCC/C(C)=C/CCCCF. The van der Waals surface area contributed by atoms with E-state index in [0.717, 1.165) is 19.3 Å². The number of unbranched alkanes of at least 4 members (excludes halogenated alkanes) is 4. The van der Waals surface area contributed by atoms with Crippen molar-refractivity contribution in [3.05, 3.63) is 11.6 Å². The molecule has 0 aromatic carbocycles. The average molecular weight is 186 g/mol. The molecule has 0 aliphatic carbocycles. The second-order valence-corrected chi connectivity index (χ2v) is 3.69. The maximum atomic E-state index is 11.7. The number of allylic oxidation sites excluding steroid dienone is 2. The van der Waals surface area contributed by atoms with Gasteiger partial charge in [0.1, 0.15) is 0 Å². The highest BCUT2D eigenvalue weighted by molar-refractivity contribution is 4.97. The van der Waals surface area contributed by atoms with E-state index >= 15 is 0 Å². The molecule has 0 saturated heterocycles. The smallest absolute Gasteiger partial charge is 0.0894 e. The standard InChI is InChI=1S/C12H23F/c1-3-4-6-9-12(2)10-7-5-8-11-13/h10H,3-9,11H2,1-2H3/b12-10+. The third kappa shape index (κ3) is 9.59. The molecule has 0 unspecified atom stereocenters. The molecule has 0 nitrogen and oxygen atoms in total. The maximum absolute atomic E-state index is 11.7. The molecule has 0 radical (unpaired) electrons. The van der Waals surface area contributed by atoms with Crippen molar-refractivity contribution in [3.8, 4) is 0 Å². The van der Waals surface area contributed by atoms with E-state index in [-0.39, 0.29) is 6.67 Å². The summed E-state index contributed by atoms with van der Waals surface area (Å²) in [5.74, 6) is 0. The van der Waals surface area contributed by atoms with Gasteiger partial charge in [0.2, 0.25) is 0 Å². The lowest BCUT2D eigenvalue weighted by Crippen LogP contribution is -1.81. The van der Waals surface area contributed by atoms with Crippen LogP contribution in [-0.4, -0.2) is 6.67 Å². The highest BCUT2D eigenvalue weighted by Gasteiger charge is 1.90. The monoisotopic (exact) mass is 186 g/mol. The molecular formula is C12H23F. The van der Waals surface area contributed by atoms with Gasteiger partial charge in [-0.05, 0) is 39.0 Å². The number of rotatable bonds is 8. The van der Waals surface area contributed by atoms with Gasteiger partial charge in [0.25, 0.3) is 0 Å². The molecule has 0 spiro atoms. The lowest BCUT2D eigenvalue weighted by Gasteiger charge is -2.00. The van der Waals surface area contributed by atoms with Crippen molar-refractivity contribution in [2.24, 2.45) is 0 Å². The number of hydrogen-bond donors (Lipinski definition) is 0. The first kappa shape index (κ1) is 12.7. The Balaban J connectivity index is 3.29. The van der Waals surface area contributed by atoms with E-state index in [9.17, 15) is 4.39 Å². The molecule has 0 saturated carbocycles. The first-order valence-corrected chi connectivity index (χ1v) is 5.52. The van der Waals surface area contributed by atoms with Crippen LogP contribution in [0.25, 0.3) is 0 Å². The molecule has 0 rings (SSSR count). The van der Waals surface area contributed by atoms with Crippen molar-refractivity contribution >= 4 is 0 Å². The van der Waals surface area contributed by atoms with Crippen LogP contribution < -0.4 is 0 Å². The van der Waals surface area contributed by atoms with Crippen LogP contribution in [0.1, 0.15) is 58.8 Å². The predicted molar refractivity (Wildman–Crippen MR) is 57.7 cm³/mol. The van der Waals surface area contributed by atoms with Crippen LogP contribution in [0.3, 0.4) is 0 Å². The molecule has 78 valence electrons. The minimum Gasteiger partial charge on any atom is -0.251 e. The van der Waals surface area contributed by atoms with Gasteiger partial charge < -0.3 is 0 Å². The Morgan fingerprint density at radius 3 is 2.54 bits per heavy atom. The molecule has 0 aliphatic rings. The highest BCUT2D eigenvalue weighted by atomic mass is 19.1. The normalized spacial score (nSPS) is 12.1. The van der Waals surface area contributed by atoms with Crippen LogP contribution in [0.4, 0.5) is 4.39 Å². The van der Waals surface area contributed by atoms with Gasteiger partial charge in [0.05, 0.1) is 6.67 Å². The predicted octanol–water partition coefficient (Wildman–Crippen LogP) is 4.65. The average Bonchev–Trinajstić information content (AvgIpc) is 2.13. The zero-order valence-corrected chi connectivity index (χ0v) is 9.11. The molecule has 0 N–H and O–H groups in total. The fourth-order valence-electron chi connectivity index (χ4n) is 1.34. The van der Waals surface area contributed by atoms with Crippen LogP contribution in [0, 0.1) is 0 Å². The van der Waals surface area contributed by atoms with Crippen LogP contribution >= 0.6 is 0 Å². The summed E-state index contributed by atoms with van der Waals surface area (Å²) in [5.41, 5.74) is 1.48. The Morgan fingerprint density at radius 1 is 1.15 bits per heavy atom. The van der Waals surface area contributed by atoms with Crippen molar-refractivity contribution in [2.75, 3.05) is 6.67 Å². The minimum atomic E-state index is -0.164. The van der Waals surface area contributed by atoms with E-state index in [2.05, 4.69) is 19.9 Å². The van der Waals surface area contributed by atoms with Crippen LogP contribution in [-0.2, 0) is 0 Å². The number of hydrogen-bond acceptors (Lipinski definition) is 0. The van der Waals surface area contributed by atoms with E-state index in [1.54, 1.807) is 0 Å². The molecule has 0 fully saturated rings. The first-order valence-electron chi connectivity index (χ1n) is 5.52. The second-order valence-electron chi connectivity index (χ2n) is 3.69. The van der Waals surface area contributed by atoms with Crippen LogP contribution in [0.15, 0.2) is 11.6 Å². The summed E-state index contributed by atoms with van der Waals surface area (Å²) in [4.78, 5) is 0. The molecule has 0 aliphatic heterocycles. The van der Waals surface area contributed by atoms with E-state index in [0.29, 0.717) is 0 Å². The summed E-state index contributed by atoms with van der Waals surface area (Å²) in [6, 6.07) is 0. The van der Waals surface area contributed by atoms with Crippen molar-refractivity contribution in [2.45, 2.75) is 58.8 Å². The van der Waals surface area contributed by atoms with E-state index in [4.69, 9.17) is 0 Å². The maximum Gasteiger partial charge on any atom is 0.0894 e.